The van der Waals surface area contributed by atoms with Crippen LogP contribution in [-0.2, 0) is 0 Å². The SMILES string of the molecule is CNc1nc2ccccc2o1.c1ccc(-c2nc3ncccc3o2)nc1. The van der Waals surface area contributed by atoms with Gasteiger partial charge in [0, 0.05) is 19.4 Å². The molecule has 7 nitrogen and oxygen atoms in total. The van der Waals surface area contributed by atoms with E-state index in [9.17, 15) is 0 Å². The number of anilines is 1. The third-order valence-electron chi connectivity index (χ3n) is 3.56. The lowest BCUT2D eigenvalue weighted by molar-refractivity contribution is 0.616. The molecule has 0 aliphatic rings. The van der Waals surface area contributed by atoms with Crippen LogP contribution in [0.15, 0.2) is 75.8 Å². The highest BCUT2D eigenvalue weighted by Crippen LogP contribution is 2.20. The third-order valence-corrected chi connectivity index (χ3v) is 3.56. The molecular formula is C19H15N5O2. The quantitative estimate of drug-likeness (QED) is 0.514. The van der Waals surface area contributed by atoms with Gasteiger partial charge in [-0.3, -0.25) is 4.98 Å². The topological polar surface area (TPSA) is 89.9 Å². The highest BCUT2D eigenvalue weighted by atomic mass is 16.4. The minimum absolute atomic E-state index is 0.504. The fourth-order valence-electron chi connectivity index (χ4n) is 2.35. The molecule has 0 aliphatic heterocycles. The third kappa shape index (κ3) is 3.23. The van der Waals surface area contributed by atoms with Crippen molar-refractivity contribution < 1.29 is 8.83 Å². The molecule has 0 fully saturated rings. The summed E-state index contributed by atoms with van der Waals surface area (Å²) >= 11 is 0. The number of para-hydroxylation sites is 2. The molecule has 7 heteroatoms. The highest BCUT2D eigenvalue weighted by Gasteiger charge is 2.08. The van der Waals surface area contributed by atoms with Gasteiger partial charge in [-0.05, 0) is 36.4 Å². The van der Waals surface area contributed by atoms with Gasteiger partial charge in [0.2, 0.25) is 5.89 Å². The molecule has 5 aromatic rings. The number of aromatic nitrogens is 4. The van der Waals surface area contributed by atoms with Gasteiger partial charge in [0.15, 0.2) is 16.8 Å². The molecule has 128 valence electrons. The van der Waals surface area contributed by atoms with Gasteiger partial charge >= 0.3 is 0 Å². The van der Waals surface area contributed by atoms with E-state index in [1.165, 1.54) is 0 Å². The van der Waals surface area contributed by atoms with Gasteiger partial charge in [-0.2, -0.15) is 9.97 Å². The van der Waals surface area contributed by atoms with Crippen molar-refractivity contribution in [3.8, 4) is 11.6 Å². The summed E-state index contributed by atoms with van der Waals surface area (Å²) in [5.41, 5.74) is 3.71. The Morgan fingerprint density at radius 3 is 2.35 bits per heavy atom. The van der Waals surface area contributed by atoms with Crippen LogP contribution in [0.5, 0.6) is 0 Å². The van der Waals surface area contributed by atoms with Crippen LogP contribution in [0.2, 0.25) is 0 Å². The Labute approximate surface area is 148 Å². The molecule has 26 heavy (non-hydrogen) atoms. The maximum absolute atomic E-state index is 5.52. The largest absolute Gasteiger partial charge is 0.433 e. The van der Waals surface area contributed by atoms with E-state index in [-0.39, 0.29) is 0 Å². The summed E-state index contributed by atoms with van der Waals surface area (Å²) in [5.74, 6) is 0.504. The standard InChI is InChI=1S/C11H7N3O.C8H8N2O/c1-2-6-12-8(4-1)11-14-10-9(15-11)5-3-7-13-10;1-9-8-10-6-4-2-3-5-7(6)11-8/h1-7H;2-5H,1H3,(H,9,10). The summed E-state index contributed by atoms with van der Waals surface area (Å²) in [6.07, 6.45) is 3.39. The molecule has 5 rings (SSSR count). The molecular weight excluding hydrogens is 330 g/mol. The first-order valence-corrected chi connectivity index (χ1v) is 8.00. The van der Waals surface area contributed by atoms with Crippen LogP contribution in [0.25, 0.3) is 33.9 Å². The van der Waals surface area contributed by atoms with Crippen LogP contribution in [0.3, 0.4) is 0 Å². The maximum Gasteiger partial charge on any atom is 0.295 e. The molecule has 4 heterocycles. The zero-order valence-electron chi connectivity index (χ0n) is 14.0. The number of fused-ring (bicyclic) bond motifs is 2. The van der Waals surface area contributed by atoms with Gasteiger partial charge in [-0.25, -0.2) is 4.98 Å². The lowest BCUT2D eigenvalue weighted by atomic mass is 10.3. The van der Waals surface area contributed by atoms with Crippen LogP contribution in [0.4, 0.5) is 6.01 Å². The normalized spacial score (nSPS) is 10.5. The molecule has 0 amide bonds. The van der Waals surface area contributed by atoms with E-state index in [1.807, 2.05) is 54.6 Å². The van der Waals surface area contributed by atoms with E-state index in [0.717, 1.165) is 16.8 Å². The summed E-state index contributed by atoms with van der Waals surface area (Å²) in [6, 6.07) is 17.5. The predicted octanol–water partition coefficient (Wildman–Crippen LogP) is 4.15. The van der Waals surface area contributed by atoms with Gasteiger partial charge in [0.05, 0.1) is 0 Å². The number of pyridine rings is 2. The molecule has 0 unspecified atom stereocenters. The highest BCUT2D eigenvalue weighted by molar-refractivity contribution is 5.74. The van der Waals surface area contributed by atoms with E-state index >= 15 is 0 Å². The first-order valence-electron chi connectivity index (χ1n) is 8.00. The average Bonchev–Trinajstić information content (AvgIpc) is 3.33. The second kappa shape index (κ2) is 7.02. The molecule has 0 bridgehead atoms. The minimum Gasteiger partial charge on any atom is -0.433 e. The van der Waals surface area contributed by atoms with Crippen LogP contribution in [0.1, 0.15) is 0 Å². The molecule has 1 N–H and O–H groups in total. The minimum atomic E-state index is 0.504. The summed E-state index contributed by atoms with van der Waals surface area (Å²) in [4.78, 5) is 16.7. The molecule has 1 aromatic carbocycles. The van der Waals surface area contributed by atoms with Crippen LogP contribution < -0.4 is 5.32 Å². The number of oxazole rings is 2. The van der Waals surface area contributed by atoms with Crippen molar-refractivity contribution >= 4 is 28.3 Å². The summed E-state index contributed by atoms with van der Waals surface area (Å²) < 4.78 is 10.8. The zero-order chi connectivity index (χ0) is 17.8. The molecule has 0 aliphatic carbocycles. The monoisotopic (exact) mass is 345 g/mol. The fourth-order valence-corrected chi connectivity index (χ4v) is 2.35. The number of hydrogen-bond acceptors (Lipinski definition) is 7. The smallest absolute Gasteiger partial charge is 0.295 e. The van der Waals surface area contributed by atoms with Gasteiger partial charge in [0.25, 0.3) is 6.01 Å². The van der Waals surface area contributed by atoms with E-state index in [1.54, 1.807) is 19.4 Å². The number of rotatable bonds is 2. The number of hydrogen-bond donors (Lipinski definition) is 1. The number of nitrogens with zero attached hydrogens (tertiary/aromatic N) is 4. The Hall–Kier alpha value is -3.74. The second-order valence-corrected chi connectivity index (χ2v) is 5.30. The molecule has 0 spiro atoms. The molecule has 4 aromatic heterocycles. The predicted molar refractivity (Wildman–Crippen MR) is 98.6 cm³/mol. The van der Waals surface area contributed by atoms with Crippen molar-refractivity contribution in [2.45, 2.75) is 0 Å². The Morgan fingerprint density at radius 2 is 1.58 bits per heavy atom. The van der Waals surface area contributed by atoms with Crippen molar-refractivity contribution in [2.24, 2.45) is 0 Å². The maximum atomic E-state index is 5.52. The summed E-state index contributed by atoms with van der Waals surface area (Å²) in [6.45, 7) is 0. The van der Waals surface area contributed by atoms with E-state index in [0.29, 0.717) is 23.1 Å². The fraction of sp³-hybridized carbons (Fsp3) is 0.0526. The number of benzene rings is 1. The van der Waals surface area contributed by atoms with E-state index < -0.39 is 0 Å². The van der Waals surface area contributed by atoms with Crippen molar-refractivity contribution in [1.29, 1.82) is 0 Å². The Morgan fingerprint density at radius 1 is 0.769 bits per heavy atom. The summed E-state index contributed by atoms with van der Waals surface area (Å²) in [5, 5.41) is 2.84. The first kappa shape index (κ1) is 15.8. The second-order valence-electron chi connectivity index (χ2n) is 5.30. The Kier molecular flexibility index (Phi) is 4.26. The van der Waals surface area contributed by atoms with Crippen molar-refractivity contribution in [3.63, 3.8) is 0 Å². The average molecular weight is 345 g/mol. The van der Waals surface area contributed by atoms with Crippen molar-refractivity contribution in [3.05, 3.63) is 67.0 Å². The number of nitrogens with one attached hydrogen (secondary N) is 1. The Bertz CT molecular complexity index is 1070. The van der Waals surface area contributed by atoms with Gasteiger partial charge in [-0.1, -0.05) is 18.2 Å². The van der Waals surface area contributed by atoms with E-state index in [2.05, 4.69) is 25.3 Å². The van der Waals surface area contributed by atoms with Gasteiger partial charge in [0.1, 0.15) is 11.2 Å². The summed E-state index contributed by atoms with van der Waals surface area (Å²) in [7, 11) is 1.78. The molecule has 0 saturated heterocycles. The molecule has 0 radical (unpaired) electrons. The first-order chi connectivity index (χ1) is 12.8. The molecule has 0 saturated carbocycles. The lowest BCUT2D eigenvalue weighted by Gasteiger charge is -1.90. The zero-order valence-corrected chi connectivity index (χ0v) is 14.0. The van der Waals surface area contributed by atoms with Crippen LogP contribution in [-0.4, -0.2) is 27.0 Å². The lowest BCUT2D eigenvalue weighted by Crippen LogP contribution is -1.85. The van der Waals surface area contributed by atoms with Crippen LogP contribution >= 0.6 is 0 Å². The van der Waals surface area contributed by atoms with Crippen molar-refractivity contribution in [2.75, 3.05) is 12.4 Å². The van der Waals surface area contributed by atoms with Gasteiger partial charge < -0.3 is 14.2 Å². The van der Waals surface area contributed by atoms with E-state index in [4.69, 9.17) is 8.83 Å². The molecule has 0 atom stereocenters. The van der Waals surface area contributed by atoms with Crippen molar-refractivity contribution in [1.82, 2.24) is 19.9 Å². The van der Waals surface area contributed by atoms with Crippen LogP contribution in [0, 0.1) is 0 Å². The Balaban J connectivity index is 0.000000136. The van der Waals surface area contributed by atoms with Gasteiger partial charge in [-0.15, -0.1) is 0 Å².